The first-order chi connectivity index (χ1) is 14.4. The van der Waals surface area contributed by atoms with Gasteiger partial charge in [0, 0.05) is 29.7 Å². The van der Waals surface area contributed by atoms with Gasteiger partial charge in [-0.25, -0.2) is 9.97 Å². The lowest BCUT2D eigenvalue weighted by molar-refractivity contribution is -0.387. The number of thioether (sulfide) groups is 1. The smallest absolute Gasteiger partial charge is 0.283 e. The lowest BCUT2D eigenvalue weighted by Gasteiger charge is -2.07. The molecule has 152 valence electrons. The first kappa shape index (κ1) is 21.3. The first-order valence-corrected chi connectivity index (χ1v) is 10.3. The van der Waals surface area contributed by atoms with E-state index in [1.54, 1.807) is 24.5 Å². The maximum Gasteiger partial charge on any atom is 0.283 e. The van der Waals surface area contributed by atoms with Crippen molar-refractivity contribution in [1.29, 1.82) is 0 Å². The average molecular weight is 441 g/mol. The number of hydrogen-bond donors (Lipinski definition) is 2. The molecule has 0 radical (unpaired) electrons. The Morgan fingerprint density at radius 2 is 1.87 bits per heavy atom. The molecule has 1 aromatic carbocycles. The third-order valence-corrected chi connectivity index (χ3v) is 5.61. The van der Waals surface area contributed by atoms with E-state index in [9.17, 15) is 19.7 Å². The van der Waals surface area contributed by atoms with Gasteiger partial charge in [-0.15, -0.1) is 11.8 Å². The lowest BCUT2D eigenvalue weighted by atomic mass is 10.2. The largest absolute Gasteiger partial charge is 0.366 e. The van der Waals surface area contributed by atoms with E-state index in [4.69, 9.17) is 5.73 Å². The highest BCUT2D eigenvalue weighted by atomic mass is 32.2. The van der Waals surface area contributed by atoms with Crippen molar-refractivity contribution in [2.75, 3.05) is 11.1 Å². The number of nitro groups is 1. The van der Waals surface area contributed by atoms with Gasteiger partial charge in [-0.3, -0.25) is 19.7 Å². The summed E-state index contributed by atoms with van der Waals surface area (Å²) in [6.45, 7) is 0. The van der Waals surface area contributed by atoms with E-state index in [1.807, 2.05) is 18.2 Å². The monoisotopic (exact) mass is 441 g/mol. The molecule has 11 heteroatoms. The fourth-order valence-corrected chi connectivity index (χ4v) is 3.91. The number of hydrogen-bond acceptors (Lipinski definition) is 8. The van der Waals surface area contributed by atoms with Gasteiger partial charge in [-0.05, 0) is 36.4 Å². The second-order valence-corrected chi connectivity index (χ2v) is 7.85. The molecule has 0 bridgehead atoms. The molecule has 0 aliphatic carbocycles. The summed E-state index contributed by atoms with van der Waals surface area (Å²) in [6, 6.07) is 12.8. The molecule has 30 heavy (non-hydrogen) atoms. The Kier molecular flexibility index (Phi) is 6.99. The zero-order valence-electron chi connectivity index (χ0n) is 15.3. The Bertz CT molecular complexity index is 1100. The van der Waals surface area contributed by atoms with Crippen LogP contribution in [0.25, 0.3) is 0 Å². The molecule has 2 amide bonds. The van der Waals surface area contributed by atoms with E-state index in [-0.39, 0.29) is 27.8 Å². The summed E-state index contributed by atoms with van der Waals surface area (Å²) in [5.41, 5.74) is 5.46. The van der Waals surface area contributed by atoms with Gasteiger partial charge in [-0.2, -0.15) is 0 Å². The van der Waals surface area contributed by atoms with Crippen LogP contribution in [0.5, 0.6) is 0 Å². The van der Waals surface area contributed by atoms with Gasteiger partial charge < -0.3 is 11.1 Å². The second kappa shape index (κ2) is 9.85. The zero-order chi connectivity index (χ0) is 21.5. The number of anilines is 1. The van der Waals surface area contributed by atoms with Crippen molar-refractivity contribution in [2.24, 2.45) is 5.73 Å². The van der Waals surface area contributed by atoms with Crippen molar-refractivity contribution in [3.05, 3.63) is 76.6 Å². The molecular weight excluding hydrogens is 426 g/mol. The van der Waals surface area contributed by atoms with Crippen LogP contribution in [0.4, 0.5) is 11.4 Å². The SMILES string of the molecule is NC(=O)c1ccc(SCC(=O)Nc2ccnc(Sc3ccccn3)c2)c([N+](=O)[O-])c1. The number of nitrogens with two attached hydrogens (primary N) is 1. The number of primary amides is 1. The van der Waals surface area contributed by atoms with Crippen LogP contribution in [-0.4, -0.2) is 32.5 Å². The molecule has 0 aliphatic rings. The summed E-state index contributed by atoms with van der Waals surface area (Å²) in [5, 5.41) is 15.4. The van der Waals surface area contributed by atoms with Crippen molar-refractivity contribution in [1.82, 2.24) is 9.97 Å². The predicted molar refractivity (Wildman–Crippen MR) is 114 cm³/mol. The molecule has 3 N–H and O–H groups in total. The number of nitrogens with one attached hydrogen (secondary N) is 1. The highest BCUT2D eigenvalue weighted by Gasteiger charge is 2.18. The quantitative estimate of drug-likeness (QED) is 0.308. The topological polar surface area (TPSA) is 141 Å². The number of nitrogens with zero attached hydrogens (tertiary/aromatic N) is 3. The minimum absolute atomic E-state index is 0.0326. The van der Waals surface area contributed by atoms with Gasteiger partial charge in [0.1, 0.15) is 10.1 Å². The zero-order valence-corrected chi connectivity index (χ0v) is 17.0. The first-order valence-electron chi connectivity index (χ1n) is 8.48. The lowest BCUT2D eigenvalue weighted by Crippen LogP contribution is -2.14. The van der Waals surface area contributed by atoms with Crippen LogP contribution >= 0.6 is 23.5 Å². The van der Waals surface area contributed by atoms with Crippen molar-refractivity contribution >= 4 is 46.7 Å². The molecule has 0 aliphatic heterocycles. The van der Waals surface area contributed by atoms with E-state index in [2.05, 4.69) is 15.3 Å². The summed E-state index contributed by atoms with van der Waals surface area (Å²) in [6.07, 6.45) is 3.25. The standard InChI is InChI=1S/C19H15N5O4S2/c20-19(26)12-4-5-15(14(9-12)24(27)28)29-11-16(25)23-13-6-8-22-18(10-13)30-17-3-1-2-7-21-17/h1-10H,11H2,(H2,20,26)(H,22,23,25). The molecule has 0 saturated heterocycles. The number of rotatable bonds is 8. The van der Waals surface area contributed by atoms with E-state index in [0.717, 1.165) is 22.9 Å². The van der Waals surface area contributed by atoms with Crippen LogP contribution < -0.4 is 11.1 Å². The van der Waals surface area contributed by atoms with Crippen LogP contribution in [0.3, 0.4) is 0 Å². The molecule has 0 saturated carbocycles. The third kappa shape index (κ3) is 5.78. The van der Waals surface area contributed by atoms with E-state index < -0.39 is 10.8 Å². The van der Waals surface area contributed by atoms with Crippen LogP contribution in [0.1, 0.15) is 10.4 Å². The Morgan fingerprint density at radius 1 is 1.07 bits per heavy atom. The number of carbonyl (C=O) groups excluding carboxylic acids is 2. The van der Waals surface area contributed by atoms with Crippen LogP contribution in [0.15, 0.2) is 75.9 Å². The fourth-order valence-electron chi connectivity index (χ4n) is 2.33. The Hall–Kier alpha value is -3.44. The van der Waals surface area contributed by atoms with Crippen molar-refractivity contribution in [3.8, 4) is 0 Å². The molecular formula is C19H15N5O4S2. The molecule has 0 spiro atoms. The molecule has 3 aromatic rings. The summed E-state index contributed by atoms with van der Waals surface area (Å²) in [7, 11) is 0. The number of amides is 2. The number of benzene rings is 1. The number of nitro benzene ring substituents is 1. The van der Waals surface area contributed by atoms with Gasteiger partial charge in [0.2, 0.25) is 11.8 Å². The third-order valence-electron chi connectivity index (χ3n) is 3.66. The van der Waals surface area contributed by atoms with E-state index >= 15 is 0 Å². The maximum atomic E-state index is 12.3. The van der Waals surface area contributed by atoms with Crippen molar-refractivity contribution < 1.29 is 14.5 Å². The van der Waals surface area contributed by atoms with Gasteiger partial charge in [-0.1, -0.05) is 17.8 Å². The van der Waals surface area contributed by atoms with Crippen molar-refractivity contribution in [3.63, 3.8) is 0 Å². The molecule has 0 atom stereocenters. The van der Waals surface area contributed by atoms with Gasteiger partial charge >= 0.3 is 0 Å². The molecule has 9 nitrogen and oxygen atoms in total. The minimum Gasteiger partial charge on any atom is -0.366 e. The Balaban J connectivity index is 1.63. The minimum atomic E-state index is -0.760. The maximum absolute atomic E-state index is 12.3. The average Bonchev–Trinajstić information content (AvgIpc) is 2.73. The summed E-state index contributed by atoms with van der Waals surface area (Å²) >= 11 is 2.35. The van der Waals surface area contributed by atoms with Crippen LogP contribution in [-0.2, 0) is 4.79 Å². The van der Waals surface area contributed by atoms with Gasteiger partial charge in [0.15, 0.2) is 0 Å². The molecule has 0 fully saturated rings. The Morgan fingerprint density at radius 3 is 2.57 bits per heavy atom. The normalized spacial score (nSPS) is 10.4. The summed E-state index contributed by atoms with van der Waals surface area (Å²) in [5.74, 6) is -1.15. The fraction of sp³-hybridized carbons (Fsp3) is 0.0526. The van der Waals surface area contributed by atoms with Crippen molar-refractivity contribution in [2.45, 2.75) is 14.9 Å². The Labute approximate surface area is 179 Å². The predicted octanol–water partition coefficient (Wildman–Crippen LogP) is 3.37. The molecule has 0 unspecified atom stereocenters. The van der Waals surface area contributed by atoms with E-state index in [0.29, 0.717) is 10.7 Å². The molecule has 3 rings (SSSR count). The highest BCUT2D eigenvalue weighted by molar-refractivity contribution is 8.00. The summed E-state index contributed by atoms with van der Waals surface area (Å²) < 4.78 is 0. The van der Waals surface area contributed by atoms with Crippen LogP contribution in [0.2, 0.25) is 0 Å². The van der Waals surface area contributed by atoms with Gasteiger partial charge in [0.25, 0.3) is 5.69 Å². The number of carbonyl (C=O) groups is 2. The highest BCUT2D eigenvalue weighted by Crippen LogP contribution is 2.30. The number of pyridine rings is 2. The second-order valence-electron chi connectivity index (χ2n) is 5.79. The molecule has 2 heterocycles. The van der Waals surface area contributed by atoms with Crippen LogP contribution in [0, 0.1) is 10.1 Å². The van der Waals surface area contributed by atoms with Gasteiger partial charge in [0.05, 0.1) is 15.6 Å². The summed E-state index contributed by atoms with van der Waals surface area (Å²) in [4.78, 5) is 42.9. The van der Waals surface area contributed by atoms with E-state index in [1.165, 1.54) is 23.9 Å². The molecule has 2 aromatic heterocycles. The number of aromatic nitrogens is 2.